The molecule has 2 atom stereocenters. The lowest BCUT2D eigenvalue weighted by molar-refractivity contribution is -0.122. The Labute approximate surface area is 183 Å². The lowest BCUT2D eigenvalue weighted by atomic mass is 9.85. The number of halogens is 1. The zero-order valence-electron chi connectivity index (χ0n) is 16.4. The number of hydrogen-bond acceptors (Lipinski definition) is 5. The SMILES string of the molecule is O=C(COC(=O)c1cccc(N2C(=O)[C@@H]3CC=CC[C@H]3C2=O)c1)Nc1cccc(Cl)c1. The third kappa shape index (κ3) is 4.36. The fourth-order valence-electron chi connectivity index (χ4n) is 3.80. The number of allylic oxidation sites excluding steroid dienone is 2. The zero-order chi connectivity index (χ0) is 22.0. The van der Waals surface area contributed by atoms with Gasteiger partial charge in [-0.3, -0.25) is 19.3 Å². The van der Waals surface area contributed by atoms with Crippen LogP contribution in [0.25, 0.3) is 0 Å². The summed E-state index contributed by atoms with van der Waals surface area (Å²) in [4.78, 5) is 51.1. The van der Waals surface area contributed by atoms with Crippen molar-refractivity contribution in [3.05, 3.63) is 71.3 Å². The van der Waals surface area contributed by atoms with Gasteiger partial charge in [-0.15, -0.1) is 0 Å². The minimum absolute atomic E-state index is 0.140. The fraction of sp³-hybridized carbons (Fsp3) is 0.217. The van der Waals surface area contributed by atoms with Gasteiger partial charge in [-0.05, 0) is 49.2 Å². The van der Waals surface area contributed by atoms with Gasteiger partial charge in [0.2, 0.25) is 11.8 Å². The second-order valence-electron chi connectivity index (χ2n) is 7.35. The highest BCUT2D eigenvalue weighted by Crippen LogP contribution is 2.37. The summed E-state index contributed by atoms with van der Waals surface area (Å²) in [5.41, 5.74) is 0.946. The third-order valence-corrected chi connectivity index (χ3v) is 5.53. The van der Waals surface area contributed by atoms with E-state index in [9.17, 15) is 19.2 Å². The van der Waals surface area contributed by atoms with Crippen LogP contribution in [0.5, 0.6) is 0 Å². The molecule has 8 heteroatoms. The smallest absolute Gasteiger partial charge is 0.338 e. The van der Waals surface area contributed by atoms with Gasteiger partial charge in [-0.2, -0.15) is 0 Å². The summed E-state index contributed by atoms with van der Waals surface area (Å²) in [6, 6.07) is 12.7. The number of carbonyl (C=O) groups is 4. The van der Waals surface area contributed by atoms with Crippen LogP contribution in [0.15, 0.2) is 60.7 Å². The molecule has 2 aromatic carbocycles. The van der Waals surface area contributed by atoms with Gasteiger partial charge in [0.1, 0.15) is 0 Å². The highest BCUT2D eigenvalue weighted by atomic mass is 35.5. The van der Waals surface area contributed by atoms with Crippen molar-refractivity contribution in [3.8, 4) is 0 Å². The molecule has 4 rings (SSSR count). The van der Waals surface area contributed by atoms with E-state index in [-0.39, 0.29) is 29.2 Å². The van der Waals surface area contributed by atoms with E-state index in [2.05, 4.69) is 5.32 Å². The van der Waals surface area contributed by atoms with Gasteiger partial charge in [-0.1, -0.05) is 35.9 Å². The van der Waals surface area contributed by atoms with Crippen molar-refractivity contribution in [2.75, 3.05) is 16.8 Å². The minimum Gasteiger partial charge on any atom is -0.452 e. The van der Waals surface area contributed by atoms with Crippen molar-refractivity contribution >= 4 is 46.7 Å². The van der Waals surface area contributed by atoms with Gasteiger partial charge in [0.25, 0.3) is 5.91 Å². The molecular weight excluding hydrogens is 420 g/mol. The molecule has 1 saturated heterocycles. The van der Waals surface area contributed by atoms with Crippen LogP contribution in [0.4, 0.5) is 11.4 Å². The quantitative estimate of drug-likeness (QED) is 0.437. The van der Waals surface area contributed by atoms with Crippen molar-refractivity contribution in [3.63, 3.8) is 0 Å². The summed E-state index contributed by atoms with van der Waals surface area (Å²) >= 11 is 5.87. The number of imide groups is 1. The van der Waals surface area contributed by atoms with Crippen LogP contribution in [-0.2, 0) is 19.1 Å². The Morgan fingerprint density at radius 1 is 1.00 bits per heavy atom. The van der Waals surface area contributed by atoms with Crippen LogP contribution in [0, 0.1) is 11.8 Å². The monoisotopic (exact) mass is 438 g/mol. The minimum atomic E-state index is -0.735. The van der Waals surface area contributed by atoms with Crippen molar-refractivity contribution in [2.45, 2.75) is 12.8 Å². The topological polar surface area (TPSA) is 92.8 Å². The molecule has 1 N–H and O–H groups in total. The number of nitrogens with one attached hydrogen (secondary N) is 1. The first-order valence-electron chi connectivity index (χ1n) is 9.79. The molecule has 0 saturated carbocycles. The number of nitrogens with zero attached hydrogens (tertiary/aromatic N) is 1. The van der Waals surface area contributed by atoms with Crippen LogP contribution in [0.2, 0.25) is 5.02 Å². The number of esters is 1. The molecule has 3 amide bonds. The van der Waals surface area contributed by atoms with Gasteiger partial charge >= 0.3 is 5.97 Å². The van der Waals surface area contributed by atoms with Crippen molar-refractivity contribution in [1.29, 1.82) is 0 Å². The summed E-state index contributed by atoms with van der Waals surface area (Å²) in [5.74, 6) is -2.49. The van der Waals surface area contributed by atoms with Crippen molar-refractivity contribution < 1.29 is 23.9 Å². The number of anilines is 2. The van der Waals surface area contributed by atoms with Gasteiger partial charge in [0, 0.05) is 10.7 Å². The highest BCUT2D eigenvalue weighted by Gasteiger charge is 2.47. The number of amides is 3. The third-order valence-electron chi connectivity index (χ3n) is 5.29. The highest BCUT2D eigenvalue weighted by molar-refractivity contribution is 6.30. The number of hydrogen-bond donors (Lipinski definition) is 1. The van der Waals surface area contributed by atoms with Gasteiger partial charge in [-0.25, -0.2) is 4.79 Å². The van der Waals surface area contributed by atoms with Crippen LogP contribution in [-0.4, -0.2) is 30.3 Å². The van der Waals surface area contributed by atoms with E-state index in [0.717, 1.165) is 4.90 Å². The maximum absolute atomic E-state index is 12.7. The van der Waals surface area contributed by atoms with Crippen molar-refractivity contribution in [1.82, 2.24) is 0 Å². The maximum atomic E-state index is 12.7. The fourth-order valence-corrected chi connectivity index (χ4v) is 3.99. The van der Waals surface area contributed by atoms with Crippen LogP contribution in [0.3, 0.4) is 0 Å². The summed E-state index contributed by atoms with van der Waals surface area (Å²) in [6.07, 6.45) is 4.90. The first-order chi connectivity index (χ1) is 14.9. The molecule has 2 aliphatic rings. The van der Waals surface area contributed by atoms with E-state index < -0.39 is 18.5 Å². The average molecular weight is 439 g/mol. The second-order valence-corrected chi connectivity index (χ2v) is 7.79. The van der Waals surface area contributed by atoms with Crippen LogP contribution < -0.4 is 10.2 Å². The molecule has 0 unspecified atom stereocenters. The van der Waals surface area contributed by atoms with Gasteiger partial charge in [0.15, 0.2) is 6.61 Å². The molecule has 1 aliphatic heterocycles. The summed E-state index contributed by atoms with van der Waals surface area (Å²) in [7, 11) is 0. The summed E-state index contributed by atoms with van der Waals surface area (Å²) in [6.45, 7) is -0.493. The van der Waals surface area contributed by atoms with Gasteiger partial charge < -0.3 is 10.1 Å². The number of ether oxygens (including phenoxy) is 1. The van der Waals surface area contributed by atoms with E-state index in [1.165, 1.54) is 12.1 Å². The molecule has 158 valence electrons. The molecule has 0 spiro atoms. The van der Waals surface area contributed by atoms with E-state index in [4.69, 9.17) is 16.3 Å². The van der Waals surface area contributed by atoms with E-state index in [1.807, 2.05) is 12.2 Å². The molecule has 1 heterocycles. The van der Waals surface area contributed by atoms with Crippen LogP contribution >= 0.6 is 11.6 Å². The predicted molar refractivity (Wildman–Crippen MR) is 115 cm³/mol. The molecule has 1 fully saturated rings. The largest absolute Gasteiger partial charge is 0.452 e. The molecule has 31 heavy (non-hydrogen) atoms. The Hall–Kier alpha value is -3.45. The molecule has 7 nitrogen and oxygen atoms in total. The zero-order valence-corrected chi connectivity index (χ0v) is 17.2. The first kappa shape index (κ1) is 20.8. The molecular formula is C23H19ClN2O5. The molecule has 0 aromatic heterocycles. The van der Waals surface area contributed by atoms with E-state index in [0.29, 0.717) is 29.2 Å². The average Bonchev–Trinajstić information content (AvgIpc) is 3.02. The number of carbonyl (C=O) groups excluding carboxylic acids is 4. The summed E-state index contributed by atoms with van der Waals surface area (Å²) in [5, 5.41) is 3.05. The predicted octanol–water partition coefficient (Wildman–Crippen LogP) is 3.59. The molecule has 2 aromatic rings. The molecule has 1 aliphatic carbocycles. The first-order valence-corrected chi connectivity index (χ1v) is 10.2. The van der Waals surface area contributed by atoms with E-state index >= 15 is 0 Å². The molecule has 0 bridgehead atoms. The lowest BCUT2D eigenvalue weighted by Crippen LogP contribution is -2.31. The van der Waals surface area contributed by atoms with Gasteiger partial charge in [0.05, 0.1) is 23.1 Å². The number of rotatable bonds is 5. The number of fused-ring (bicyclic) bond motifs is 1. The molecule has 0 radical (unpaired) electrons. The summed E-state index contributed by atoms with van der Waals surface area (Å²) < 4.78 is 5.08. The second kappa shape index (κ2) is 8.73. The standard InChI is InChI=1S/C23H19ClN2O5/c24-15-6-4-7-16(12-15)25-20(27)13-31-23(30)14-5-3-8-17(11-14)26-21(28)18-9-1-2-10-19(18)22(26)29/h1-8,11-12,18-19H,9-10,13H2,(H,25,27)/t18-,19-/m1/s1. The maximum Gasteiger partial charge on any atom is 0.338 e. The Bertz CT molecular complexity index is 1070. The normalized spacial score (nSPS) is 19.8. The van der Waals surface area contributed by atoms with Crippen LogP contribution in [0.1, 0.15) is 23.2 Å². The number of benzene rings is 2. The van der Waals surface area contributed by atoms with E-state index in [1.54, 1.807) is 36.4 Å². The Kier molecular flexibility index (Phi) is 5.86. The van der Waals surface area contributed by atoms with Crippen molar-refractivity contribution in [2.24, 2.45) is 11.8 Å². The lowest BCUT2D eigenvalue weighted by Gasteiger charge is -2.15. The Morgan fingerprint density at radius 2 is 1.68 bits per heavy atom. The Morgan fingerprint density at radius 3 is 2.35 bits per heavy atom. The Balaban J connectivity index is 1.41.